The first-order valence-corrected chi connectivity index (χ1v) is 6.91. The van der Waals surface area contributed by atoms with E-state index in [1.807, 2.05) is 0 Å². The summed E-state index contributed by atoms with van der Waals surface area (Å²) < 4.78 is 4.76. The summed E-state index contributed by atoms with van der Waals surface area (Å²) >= 11 is 6.97. The first kappa shape index (κ1) is 12.0. The number of hydrogen-bond donors (Lipinski definition) is 1. The molecule has 0 radical (unpaired) electrons. The van der Waals surface area contributed by atoms with E-state index < -0.39 is 0 Å². The maximum Gasteiger partial charge on any atom is 0.320 e. The number of ether oxygens (including phenoxy) is 1. The zero-order valence-corrected chi connectivity index (χ0v) is 10.9. The lowest BCUT2D eigenvalue weighted by atomic mass is 10.3. The van der Waals surface area contributed by atoms with Crippen molar-refractivity contribution in [3.63, 3.8) is 0 Å². The molecule has 0 amide bonds. The molecule has 4 nitrogen and oxygen atoms in total. The summed E-state index contributed by atoms with van der Waals surface area (Å²) in [5.74, 6) is 0.774. The topological polar surface area (TPSA) is 41.6 Å². The Hall–Kier alpha value is -0.490. The fraction of sp³-hybridized carbons (Fsp3) is 0.800. The van der Waals surface area contributed by atoms with E-state index in [1.165, 1.54) is 20.0 Å². The maximum atomic E-state index is 11.4. The number of thiocarbonyl (C=S) groups is 1. The van der Waals surface area contributed by atoms with Gasteiger partial charge >= 0.3 is 5.97 Å². The van der Waals surface area contributed by atoms with Crippen molar-refractivity contribution in [1.29, 1.82) is 0 Å². The van der Waals surface area contributed by atoms with Gasteiger partial charge in [-0.15, -0.1) is 11.8 Å². The Morgan fingerprint density at radius 2 is 2.31 bits per heavy atom. The van der Waals surface area contributed by atoms with Crippen LogP contribution in [0.25, 0.3) is 0 Å². The van der Waals surface area contributed by atoms with Gasteiger partial charge in [0.15, 0.2) is 5.11 Å². The van der Waals surface area contributed by atoms with Crippen LogP contribution in [0.2, 0.25) is 0 Å². The van der Waals surface area contributed by atoms with Crippen molar-refractivity contribution >= 4 is 35.1 Å². The minimum Gasteiger partial charge on any atom is -0.468 e. The second-order valence-electron chi connectivity index (χ2n) is 4.05. The van der Waals surface area contributed by atoms with Gasteiger partial charge in [0.1, 0.15) is 5.25 Å². The predicted octanol–water partition coefficient (Wildman–Crippen LogP) is 0.614. The van der Waals surface area contributed by atoms with Gasteiger partial charge in [0, 0.05) is 24.9 Å². The van der Waals surface area contributed by atoms with Gasteiger partial charge in [-0.3, -0.25) is 4.79 Å². The monoisotopic (exact) mass is 260 g/mol. The largest absolute Gasteiger partial charge is 0.468 e. The molecule has 0 unspecified atom stereocenters. The number of hydrogen-bond acceptors (Lipinski definition) is 4. The molecule has 2 aliphatic rings. The molecule has 1 aliphatic carbocycles. The molecule has 0 bridgehead atoms. The van der Waals surface area contributed by atoms with Gasteiger partial charge in [-0.1, -0.05) is 0 Å². The van der Waals surface area contributed by atoms with Crippen LogP contribution < -0.4 is 5.32 Å². The molecule has 0 aromatic rings. The molecule has 0 spiro atoms. The number of esters is 1. The summed E-state index contributed by atoms with van der Waals surface area (Å²) in [4.78, 5) is 13.5. The molecule has 1 N–H and O–H groups in total. The second-order valence-corrected chi connectivity index (χ2v) is 5.75. The van der Waals surface area contributed by atoms with Crippen molar-refractivity contribution in [3.8, 4) is 0 Å². The highest BCUT2D eigenvalue weighted by molar-refractivity contribution is 8.00. The highest BCUT2D eigenvalue weighted by Gasteiger charge is 2.30. The van der Waals surface area contributed by atoms with Crippen LogP contribution in [0.4, 0.5) is 0 Å². The number of carbonyl (C=O) groups excluding carboxylic acids is 1. The zero-order chi connectivity index (χ0) is 11.5. The summed E-state index contributed by atoms with van der Waals surface area (Å²) in [6.45, 7) is 1.58. The SMILES string of the molecule is COC(=O)[C@@H]1CN(C(=S)NC2CC2)CCS1. The number of methoxy groups -OCH3 is 1. The molecule has 2 fully saturated rings. The summed E-state index contributed by atoms with van der Waals surface area (Å²) in [7, 11) is 1.43. The minimum atomic E-state index is -0.149. The molecular weight excluding hydrogens is 244 g/mol. The van der Waals surface area contributed by atoms with Gasteiger partial charge in [-0.05, 0) is 25.1 Å². The Labute approximate surface area is 105 Å². The van der Waals surface area contributed by atoms with Gasteiger partial charge < -0.3 is 15.0 Å². The van der Waals surface area contributed by atoms with Crippen LogP contribution in [-0.2, 0) is 9.53 Å². The van der Waals surface area contributed by atoms with Crippen molar-refractivity contribution in [2.45, 2.75) is 24.1 Å². The fourth-order valence-corrected chi connectivity index (χ4v) is 3.06. The molecule has 0 aromatic carbocycles. The van der Waals surface area contributed by atoms with Crippen LogP contribution in [-0.4, -0.2) is 53.2 Å². The van der Waals surface area contributed by atoms with E-state index in [0.717, 1.165) is 17.4 Å². The van der Waals surface area contributed by atoms with E-state index >= 15 is 0 Å². The smallest absolute Gasteiger partial charge is 0.320 e. The lowest BCUT2D eigenvalue weighted by molar-refractivity contribution is -0.140. The fourth-order valence-electron chi connectivity index (χ4n) is 1.60. The first-order valence-electron chi connectivity index (χ1n) is 5.45. The van der Waals surface area contributed by atoms with Crippen LogP contribution in [0, 0.1) is 0 Å². The Kier molecular flexibility index (Phi) is 3.91. The first-order chi connectivity index (χ1) is 7.70. The number of nitrogens with one attached hydrogen (secondary N) is 1. The third kappa shape index (κ3) is 3.01. The highest BCUT2D eigenvalue weighted by Crippen LogP contribution is 2.22. The zero-order valence-electron chi connectivity index (χ0n) is 9.27. The van der Waals surface area contributed by atoms with Gasteiger partial charge in [-0.2, -0.15) is 0 Å². The predicted molar refractivity (Wildman–Crippen MR) is 68.6 cm³/mol. The molecule has 2 rings (SSSR count). The van der Waals surface area contributed by atoms with E-state index in [2.05, 4.69) is 10.2 Å². The van der Waals surface area contributed by atoms with Crippen LogP contribution in [0.1, 0.15) is 12.8 Å². The van der Waals surface area contributed by atoms with E-state index in [4.69, 9.17) is 17.0 Å². The summed E-state index contributed by atoms with van der Waals surface area (Å²) in [6, 6.07) is 0.568. The van der Waals surface area contributed by atoms with Crippen LogP contribution in [0.5, 0.6) is 0 Å². The number of rotatable bonds is 2. The quantitative estimate of drug-likeness (QED) is 0.580. The third-order valence-corrected chi connectivity index (χ3v) is 4.26. The number of carbonyl (C=O) groups is 1. The standard InChI is InChI=1S/C10H16N2O2S2/c1-14-9(13)8-6-12(4-5-16-8)10(15)11-7-2-3-7/h7-8H,2-6H2,1H3,(H,11,15)/t8-/m0/s1. The molecular formula is C10H16N2O2S2. The molecule has 1 saturated heterocycles. The van der Waals surface area contributed by atoms with Crippen molar-refractivity contribution in [1.82, 2.24) is 10.2 Å². The number of nitrogens with zero attached hydrogens (tertiary/aromatic N) is 1. The normalized spacial score (nSPS) is 25.1. The van der Waals surface area contributed by atoms with Gasteiger partial charge in [-0.25, -0.2) is 0 Å². The number of thioether (sulfide) groups is 1. The molecule has 1 saturated carbocycles. The van der Waals surface area contributed by atoms with E-state index in [-0.39, 0.29) is 11.2 Å². The summed E-state index contributed by atoms with van der Waals surface area (Å²) in [5.41, 5.74) is 0. The van der Waals surface area contributed by atoms with Crippen molar-refractivity contribution in [2.75, 3.05) is 26.0 Å². The molecule has 1 atom stereocenters. The Balaban J connectivity index is 1.85. The minimum absolute atomic E-state index is 0.0993. The van der Waals surface area contributed by atoms with E-state index in [1.54, 1.807) is 11.8 Å². The molecule has 16 heavy (non-hydrogen) atoms. The van der Waals surface area contributed by atoms with Crippen LogP contribution in [0.3, 0.4) is 0 Å². The second kappa shape index (κ2) is 5.23. The highest BCUT2D eigenvalue weighted by atomic mass is 32.2. The lowest BCUT2D eigenvalue weighted by Crippen LogP contribution is -2.49. The molecule has 1 aliphatic heterocycles. The average molecular weight is 260 g/mol. The molecule has 6 heteroatoms. The van der Waals surface area contributed by atoms with Crippen LogP contribution in [0.15, 0.2) is 0 Å². The average Bonchev–Trinajstić information content (AvgIpc) is 3.12. The Morgan fingerprint density at radius 3 is 2.94 bits per heavy atom. The van der Waals surface area contributed by atoms with E-state index in [0.29, 0.717) is 12.6 Å². The Bertz CT molecular complexity index is 295. The third-order valence-electron chi connectivity index (χ3n) is 2.72. The van der Waals surface area contributed by atoms with Gasteiger partial charge in [0.25, 0.3) is 0 Å². The van der Waals surface area contributed by atoms with Crippen molar-refractivity contribution in [2.24, 2.45) is 0 Å². The van der Waals surface area contributed by atoms with Gasteiger partial charge in [0.05, 0.1) is 7.11 Å². The van der Waals surface area contributed by atoms with Gasteiger partial charge in [0.2, 0.25) is 0 Å². The molecule has 90 valence electrons. The molecule has 0 aromatic heterocycles. The molecule has 1 heterocycles. The maximum absolute atomic E-state index is 11.4. The van der Waals surface area contributed by atoms with Crippen molar-refractivity contribution in [3.05, 3.63) is 0 Å². The summed E-state index contributed by atoms with van der Waals surface area (Å²) in [5, 5.41) is 3.99. The van der Waals surface area contributed by atoms with E-state index in [9.17, 15) is 4.79 Å². The lowest BCUT2D eigenvalue weighted by Gasteiger charge is -2.33. The summed E-state index contributed by atoms with van der Waals surface area (Å²) in [6.07, 6.45) is 2.42. The van der Waals surface area contributed by atoms with Crippen LogP contribution >= 0.6 is 24.0 Å². The Morgan fingerprint density at radius 1 is 1.56 bits per heavy atom. The van der Waals surface area contributed by atoms with Crippen molar-refractivity contribution < 1.29 is 9.53 Å².